The second kappa shape index (κ2) is 6.51. The van der Waals surface area contributed by atoms with E-state index < -0.39 is 0 Å². The summed E-state index contributed by atoms with van der Waals surface area (Å²) in [6.45, 7) is 3.28. The third-order valence-electron chi connectivity index (χ3n) is 5.03. The van der Waals surface area contributed by atoms with E-state index in [1.807, 2.05) is 4.90 Å². The molecule has 1 heterocycles. The van der Waals surface area contributed by atoms with Crippen molar-refractivity contribution in [1.82, 2.24) is 4.90 Å². The molecule has 0 spiro atoms. The van der Waals surface area contributed by atoms with Gasteiger partial charge in [-0.05, 0) is 48.9 Å². The van der Waals surface area contributed by atoms with Crippen molar-refractivity contribution in [2.24, 2.45) is 11.8 Å². The lowest BCUT2D eigenvalue weighted by Crippen LogP contribution is -2.44. The van der Waals surface area contributed by atoms with Crippen LogP contribution in [0.3, 0.4) is 0 Å². The van der Waals surface area contributed by atoms with E-state index in [0.717, 1.165) is 31.1 Å². The lowest BCUT2D eigenvalue weighted by molar-refractivity contribution is -0.114. The Bertz CT molecular complexity index is 553. The topological polar surface area (TPSA) is 49.4 Å². The molecule has 2 aliphatic rings. The molecule has 0 aromatic heterocycles. The first-order valence-electron chi connectivity index (χ1n) is 8.30. The third kappa shape index (κ3) is 3.32. The van der Waals surface area contributed by atoms with Gasteiger partial charge >= 0.3 is 0 Å². The van der Waals surface area contributed by atoms with Crippen LogP contribution in [0.25, 0.3) is 0 Å². The largest absolute Gasteiger partial charge is 0.338 e. The number of nitrogens with zero attached hydrogens (tertiary/aromatic N) is 1. The normalized spacial score (nSPS) is 24.5. The highest BCUT2D eigenvalue weighted by molar-refractivity contribution is 5.95. The van der Waals surface area contributed by atoms with Gasteiger partial charge in [0.05, 0.1) is 0 Å². The van der Waals surface area contributed by atoms with Crippen LogP contribution in [0.2, 0.25) is 0 Å². The average molecular weight is 300 g/mol. The Balaban J connectivity index is 1.64. The van der Waals surface area contributed by atoms with Crippen molar-refractivity contribution in [2.75, 3.05) is 18.4 Å². The number of nitrogens with one attached hydrogen (secondary N) is 1. The number of piperidine rings is 1. The van der Waals surface area contributed by atoms with Gasteiger partial charge in [0.1, 0.15) is 0 Å². The maximum absolute atomic E-state index is 12.6. The fourth-order valence-electron chi connectivity index (χ4n) is 3.87. The Morgan fingerprint density at radius 3 is 2.41 bits per heavy atom. The van der Waals surface area contributed by atoms with E-state index in [9.17, 15) is 9.59 Å². The highest BCUT2D eigenvalue weighted by Gasteiger charge is 2.33. The standard InChI is InChI=1S/C18H24N2O2/c1-13(21)19-17-8-6-15(7-9-17)18(22)20-11-10-14-4-2-3-5-16(14)12-20/h6-9,14,16H,2-5,10-12H2,1H3,(H,19,21)/t14-,16+/m1/s1. The number of carbonyl (C=O) groups is 2. The zero-order valence-electron chi connectivity index (χ0n) is 13.2. The summed E-state index contributed by atoms with van der Waals surface area (Å²) in [4.78, 5) is 25.7. The molecule has 2 fully saturated rings. The van der Waals surface area contributed by atoms with Crippen LogP contribution in [-0.4, -0.2) is 29.8 Å². The maximum atomic E-state index is 12.6. The first kappa shape index (κ1) is 15.1. The molecule has 2 amide bonds. The molecule has 2 atom stereocenters. The maximum Gasteiger partial charge on any atom is 0.253 e. The SMILES string of the molecule is CC(=O)Nc1ccc(C(=O)N2CC[C@H]3CCCC[C@H]3C2)cc1. The van der Waals surface area contributed by atoms with Crippen LogP contribution in [0.4, 0.5) is 5.69 Å². The van der Waals surface area contributed by atoms with Crippen LogP contribution in [0.1, 0.15) is 49.4 Å². The molecule has 3 rings (SSSR count). The van der Waals surface area contributed by atoms with Gasteiger partial charge in [-0.1, -0.05) is 19.3 Å². The molecule has 1 aliphatic heterocycles. The minimum atomic E-state index is -0.0987. The van der Waals surface area contributed by atoms with Gasteiger partial charge in [0.15, 0.2) is 0 Å². The summed E-state index contributed by atoms with van der Waals surface area (Å²) in [5.41, 5.74) is 1.44. The summed E-state index contributed by atoms with van der Waals surface area (Å²) in [7, 11) is 0. The van der Waals surface area contributed by atoms with E-state index in [1.165, 1.54) is 32.6 Å². The van der Waals surface area contributed by atoms with E-state index in [1.54, 1.807) is 24.3 Å². The molecular formula is C18H24N2O2. The number of carbonyl (C=O) groups excluding carboxylic acids is 2. The molecule has 1 saturated heterocycles. The van der Waals surface area contributed by atoms with Crippen molar-refractivity contribution >= 4 is 17.5 Å². The van der Waals surface area contributed by atoms with Crippen molar-refractivity contribution in [3.63, 3.8) is 0 Å². The second-order valence-electron chi connectivity index (χ2n) is 6.60. The number of benzene rings is 1. The highest BCUT2D eigenvalue weighted by Crippen LogP contribution is 2.36. The van der Waals surface area contributed by atoms with Gasteiger partial charge in [-0.2, -0.15) is 0 Å². The van der Waals surface area contributed by atoms with Crippen LogP contribution in [0.15, 0.2) is 24.3 Å². The molecule has 0 unspecified atom stereocenters. The fraction of sp³-hybridized carbons (Fsp3) is 0.556. The Labute approximate surface area is 131 Å². The molecule has 4 nitrogen and oxygen atoms in total. The van der Waals surface area contributed by atoms with Gasteiger partial charge in [-0.3, -0.25) is 9.59 Å². The van der Waals surface area contributed by atoms with Gasteiger partial charge in [-0.25, -0.2) is 0 Å². The van der Waals surface area contributed by atoms with Crippen LogP contribution in [-0.2, 0) is 4.79 Å². The zero-order valence-corrected chi connectivity index (χ0v) is 13.2. The molecule has 22 heavy (non-hydrogen) atoms. The van der Waals surface area contributed by atoms with Gasteiger partial charge in [0, 0.05) is 31.3 Å². The Morgan fingerprint density at radius 1 is 1.05 bits per heavy atom. The third-order valence-corrected chi connectivity index (χ3v) is 5.03. The number of likely N-dealkylation sites (tertiary alicyclic amines) is 1. The minimum Gasteiger partial charge on any atom is -0.338 e. The first-order valence-corrected chi connectivity index (χ1v) is 8.30. The summed E-state index contributed by atoms with van der Waals surface area (Å²) < 4.78 is 0. The first-order chi connectivity index (χ1) is 10.6. The Kier molecular flexibility index (Phi) is 4.46. The highest BCUT2D eigenvalue weighted by atomic mass is 16.2. The monoisotopic (exact) mass is 300 g/mol. The summed E-state index contributed by atoms with van der Waals surface area (Å²) >= 11 is 0. The predicted octanol–water partition coefficient (Wildman–Crippen LogP) is 3.30. The summed E-state index contributed by atoms with van der Waals surface area (Å²) in [6, 6.07) is 7.20. The molecule has 1 aliphatic carbocycles. The smallest absolute Gasteiger partial charge is 0.253 e. The summed E-state index contributed by atoms with van der Waals surface area (Å²) in [5.74, 6) is 1.56. The minimum absolute atomic E-state index is 0.0987. The van der Waals surface area contributed by atoms with E-state index >= 15 is 0 Å². The van der Waals surface area contributed by atoms with Gasteiger partial charge < -0.3 is 10.2 Å². The van der Waals surface area contributed by atoms with Crippen molar-refractivity contribution < 1.29 is 9.59 Å². The van der Waals surface area contributed by atoms with Crippen LogP contribution < -0.4 is 5.32 Å². The van der Waals surface area contributed by atoms with Crippen molar-refractivity contribution in [3.8, 4) is 0 Å². The number of hydrogen-bond donors (Lipinski definition) is 1. The van der Waals surface area contributed by atoms with E-state index in [4.69, 9.17) is 0 Å². The van der Waals surface area contributed by atoms with Gasteiger partial charge in [-0.15, -0.1) is 0 Å². The quantitative estimate of drug-likeness (QED) is 0.911. The molecule has 1 aromatic carbocycles. The van der Waals surface area contributed by atoms with Gasteiger partial charge in [0.25, 0.3) is 5.91 Å². The van der Waals surface area contributed by atoms with E-state index in [0.29, 0.717) is 11.5 Å². The van der Waals surface area contributed by atoms with Crippen LogP contribution in [0.5, 0.6) is 0 Å². The molecule has 4 heteroatoms. The van der Waals surface area contributed by atoms with E-state index in [2.05, 4.69) is 5.32 Å². The summed E-state index contributed by atoms with van der Waals surface area (Å²) in [6.07, 6.45) is 6.45. The number of hydrogen-bond acceptors (Lipinski definition) is 2. The van der Waals surface area contributed by atoms with Gasteiger partial charge in [0.2, 0.25) is 5.91 Å². The lowest BCUT2D eigenvalue weighted by Gasteiger charge is -2.41. The van der Waals surface area contributed by atoms with Crippen LogP contribution >= 0.6 is 0 Å². The number of fused-ring (bicyclic) bond motifs is 1. The zero-order chi connectivity index (χ0) is 15.5. The predicted molar refractivity (Wildman–Crippen MR) is 86.7 cm³/mol. The van der Waals surface area contributed by atoms with Crippen molar-refractivity contribution in [1.29, 1.82) is 0 Å². The molecule has 1 aromatic rings. The number of amides is 2. The molecular weight excluding hydrogens is 276 g/mol. The average Bonchev–Trinajstić information content (AvgIpc) is 2.54. The second-order valence-corrected chi connectivity index (χ2v) is 6.60. The Hall–Kier alpha value is -1.84. The van der Waals surface area contributed by atoms with Crippen LogP contribution in [0, 0.1) is 11.8 Å². The van der Waals surface area contributed by atoms with Crippen molar-refractivity contribution in [2.45, 2.75) is 39.0 Å². The number of rotatable bonds is 2. The lowest BCUT2D eigenvalue weighted by atomic mass is 9.75. The molecule has 1 N–H and O–H groups in total. The van der Waals surface area contributed by atoms with E-state index in [-0.39, 0.29) is 11.8 Å². The number of anilines is 1. The molecule has 0 radical (unpaired) electrons. The van der Waals surface area contributed by atoms with Crippen molar-refractivity contribution in [3.05, 3.63) is 29.8 Å². The molecule has 1 saturated carbocycles. The fourth-order valence-corrected chi connectivity index (χ4v) is 3.87. The molecule has 0 bridgehead atoms. The summed E-state index contributed by atoms with van der Waals surface area (Å²) in [5, 5.41) is 2.72. The molecule has 118 valence electrons. The Morgan fingerprint density at radius 2 is 1.73 bits per heavy atom.